The van der Waals surface area contributed by atoms with E-state index in [2.05, 4.69) is 0 Å². The predicted molar refractivity (Wildman–Crippen MR) is 74.8 cm³/mol. The summed E-state index contributed by atoms with van der Waals surface area (Å²) in [5, 5.41) is 0. The number of carbonyl (C=O) groups is 1. The van der Waals surface area contributed by atoms with E-state index in [1.807, 2.05) is 18.2 Å². The van der Waals surface area contributed by atoms with Crippen LogP contribution in [0, 0.1) is 0 Å². The van der Waals surface area contributed by atoms with Crippen LogP contribution in [0.3, 0.4) is 0 Å². The number of carbonyl (C=O) groups excluding carboxylic acids is 1. The van der Waals surface area contributed by atoms with E-state index in [1.54, 1.807) is 19.1 Å². The molecule has 0 radical (unpaired) electrons. The Hall–Kier alpha value is -1.46. The van der Waals surface area contributed by atoms with Gasteiger partial charge in [-0.2, -0.15) is 0 Å². The summed E-state index contributed by atoms with van der Waals surface area (Å²) in [6.45, 7) is 1.23. The molecule has 1 heterocycles. The number of ether oxygens (including phenoxy) is 2. The normalized spacial score (nSPS) is 18.2. The minimum atomic E-state index is -0.353. The third kappa shape index (κ3) is 3.30. The SMILES string of the molecule is COc1ccc(CN2CC[C@H](N)C2=O)c(OC)c1.Cl. The molecule has 0 bridgehead atoms. The highest BCUT2D eigenvalue weighted by molar-refractivity contribution is 5.85. The van der Waals surface area contributed by atoms with Crippen molar-refractivity contribution in [1.29, 1.82) is 0 Å². The lowest BCUT2D eigenvalue weighted by molar-refractivity contribution is -0.129. The van der Waals surface area contributed by atoms with Crippen molar-refractivity contribution in [2.75, 3.05) is 20.8 Å². The van der Waals surface area contributed by atoms with Gasteiger partial charge in [0.15, 0.2) is 0 Å². The van der Waals surface area contributed by atoms with E-state index in [-0.39, 0.29) is 24.4 Å². The second-order valence-corrected chi connectivity index (χ2v) is 4.33. The molecule has 1 aromatic carbocycles. The highest BCUT2D eigenvalue weighted by atomic mass is 35.5. The van der Waals surface area contributed by atoms with Gasteiger partial charge in [-0.3, -0.25) is 4.79 Å². The molecule has 0 aromatic heterocycles. The third-order valence-electron chi connectivity index (χ3n) is 3.19. The summed E-state index contributed by atoms with van der Waals surface area (Å²) >= 11 is 0. The highest BCUT2D eigenvalue weighted by Crippen LogP contribution is 2.26. The number of benzene rings is 1. The number of hydrogen-bond donors (Lipinski definition) is 1. The Morgan fingerprint density at radius 3 is 2.63 bits per heavy atom. The largest absolute Gasteiger partial charge is 0.497 e. The minimum absolute atomic E-state index is 0. The monoisotopic (exact) mass is 286 g/mol. The maximum Gasteiger partial charge on any atom is 0.239 e. The molecule has 0 saturated carbocycles. The van der Waals surface area contributed by atoms with E-state index < -0.39 is 0 Å². The molecule has 19 heavy (non-hydrogen) atoms. The smallest absolute Gasteiger partial charge is 0.239 e. The Morgan fingerprint density at radius 2 is 2.11 bits per heavy atom. The van der Waals surface area contributed by atoms with Crippen molar-refractivity contribution < 1.29 is 14.3 Å². The lowest BCUT2D eigenvalue weighted by atomic mass is 10.2. The first kappa shape index (κ1) is 15.6. The van der Waals surface area contributed by atoms with Gasteiger partial charge in [0.2, 0.25) is 5.91 Å². The quantitative estimate of drug-likeness (QED) is 0.903. The number of methoxy groups -OCH3 is 2. The highest BCUT2D eigenvalue weighted by Gasteiger charge is 2.28. The van der Waals surface area contributed by atoms with Crippen LogP contribution in [0.15, 0.2) is 18.2 Å². The Bertz CT molecular complexity index is 454. The summed E-state index contributed by atoms with van der Waals surface area (Å²) in [6.07, 6.45) is 0.720. The number of likely N-dealkylation sites (tertiary alicyclic amines) is 1. The van der Waals surface area contributed by atoms with Crippen molar-refractivity contribution in [3.05, 3.63) is 23.8 Å². The van der Waals surface area contributed by atoms with Gasteiger partial charge in [-0.05, 0) is 18.6 Å². The summed E-state index contributed by atoms with van der Waals surface area (Å²) in [6, 6.07) is 5.23. The topological polar surface area (TPSA) is 64.8 Å². The fraction of sp³-hybridized carbons (Fsp3) is 0.462. The fourth-order valence-electron chi connectivity index (χ4n) is 2.11. The van der Waals surface area contributed by atoms with Crippen LogP contribution in [0.1, 0.15) is 12.0 Å². The van der Waals surface area contributed by atoms with Crippen LogP contribution in [0.25, 0.3) is 0 Å². The van der Waals surface area contributed by atoms with Crippen LogP contribution in [0.4, 0.5) is 0 Å². The van der Waals surface area contributed by atoms with Crippen LogP contribution >= 0.6 is 12.4 Å². The Kier molecular flexibility index (Phi) is 5.44. The molecule has 5 nitrogen and oxygen atoms in total. The van der Waals surface area contributed by atoms with Crippen LogP contribution < -0.4 is 15.2 Å². The molecular formula is C13H19ClN2O3. The summed E-state index contributed by atoms with van der Waals surface area (Å²) in [5.41, 5.74) is 6.66. The molecular weight excluding hydrogens is 268 g/mol. The lowest BCUT2D eigenvalue weighted by Gasteiger charge is -2.18. The Balaban J connectivity index is 0.00000180. The summed E-state index contributed by atoms with van der Waals surface area (Å²) in [4.78, 5) is 13.5. The van der Waals surface area contributed by atoms with E-state index >= 15 is 0 Å². The fourth-order valence-corrected chi connectivity index (χ4v) is 2.11. The molecule has 2 N–H and O–H groups in total. The third-order valence-corrected chi connectivity index (χ3v) is 3.19. The van der Waals surface area contributed by atoms with Gasteiger partial charge in [0.25, 0.3) is 0 Å². The summed E-state index contributed by atoms with van der Waals surface area (Å²) in [7, 11) is 3.22. The number of nitrogens with zero attached hydrogens (tertiary/aromatic N) is 1. The predicted octanol–water partition coefficient (Wildman–Crippen LogP) is 1.19. The van der Waals surface area contributed by atoms with Crippen LogP contribution in [-0.2, 0) is 11.3 Å². The average Bonchev–Trinajstić information content (AvgIpc) is 2.71. The molecule has 1 aliphatic heterocycles. The molecule has 1 atom stereocenters. The first-order chi connectivity index (χ1) is 8.65. The van der Waals surface area contributed by atoms with E-state index in [9.17, 15) is 4.79 Å². The molecule has 1 fully saturated rings. The number of halogens is 1. The van der Waals surface area contributed by atoms with Crippen molar-refractivity contribution >= 4 is 18.3 Å². The van der Waals surface area contributed by atoms with Crippen molar-refractivity contribution in [3.8, 4) is 11.5 Å². The van der Waals surface area contributed by atoms with Gasteiger partial charge in [0, 0.05) is 24.7 Å². The molecule has 1 aliphatic rings. The van der Waals surface area contributed by atoms with E-state index in [1.165, 1.54) is 0 Å². The van der Waals surface area contributed by atoms with Crippen LogP contribution in [0.5, 0.6) is 11.5 Å². The summed E-state index contributed by atoms with van der Waals surface area (Å²) in [5.74, 6) is 1.47. The van der Waals surface area contributed by atoms with E-state index in [4.69, 9.17) is 15.2 Å². The van der Waals surface area contributed by atoms with Gasteiger partial charge < -0.3 is 20.1 Å². The Morgan fingerprint density at radius 1 is 1.37 bits per heavy atom. The number of hydrogen-bond acceptors (Lipinski definition) is 4. The molecule has 2 rings (SSSR count). The standard InChI is InChI=1S/C13H18N2O3.ClH/c1-17-10-4-3-9(12(7-10)18-2)8-15-6-5-11(14)13(15)16;/h3-4,7,11H,5-6,8,14H2,1-2H3;1H/t11-;/m0./s1. The molecule has 1 saturated heterocycles. The zero-order chi connectivity index (χ0) is 13.1. The molecule has 1 amide bonds. The number of amides is 1. The number of nitrogens with two attached hydrogens (primary N) is 1. The molecule has 0 aliphatic carbocycles. The van der Waals surface area contributed by atoms with Gasteiger partial charge in [-0.1, -0.05) is 0 Å². The van der Waals surface area contributed by atoms with Gasteiger partial charge >= 0.3 is 0 Å². The average molecular weight is 287 g/mol. The van der Waals surface area contributed by atoms with Crippen LogP contribution in [-0.4, -0.2) is 37.6 Å². The molecule has 1 aromatic rings. The number of rotatable bonds is 4. The first-order valence-electron chi connectivity index (χ1n) is 5.91. The van der Waals surface area contributed by atoms with Gasteiger partial charge in [0.05, 0.1) is 20.3 Å². The maximum absolute atomic E-state index is 11.8. The molecule has 0 unspecified atom stereocenters. The first-order valence-corrected chi connectivity index (χ1v) is 5.91. The minimum Gasteiger partial charge on any atom is -0.497 e. The van der Waals surface area contributed by atoms with Gasteiger partial charge in [-0.25, -0.2) is 0 Å². The summed E-state index contributed by atoms with van der Waals surface area (Å²) < 4.78 is 10.5. The second-order valence-electron chi connectivity index (χ2n) is 4.33. The van der Waals surface area contributed by atoms with Crippen molar-refractivity contribution in [2.45, 2.75) is 19.0 Å². The molecule has 0 spiro atoms. The molecule has 6 heteroatoms. The second kappa shape index (κ2) is 6.63. The van der Waals surface area contributed by atoms with Gasteiger partial charge in [0.1, 0.15) is 11.5 Å². The zero-order valence-corrected chi connectivity index (χ0v) is 11.9. The Labute approximate surface area is 119 Å². The maximum atomic E-state index is 11.8. The van der Waals surface area contributed by atoms with E-state index in [0.717, 1.165) is 23.5 Å². The van der Waals surface area contributed by atoms with E-state index in [0.29, 0.717) is 13.1 Å². The van der Waals surface area contributed by atoms with Gasteiger partial charge in [-0.15, -0.1) is 12.4 Å². The zero-order valence-electron chi connectivity index (χ0n) is 11.1. The van der Waals surface area contributed by atoms with Crippen molar-refractivity contribution in [2.24, 2.45) is 5.73 Å². The van der Waals surface area contributed by atoms with Crippen molar-refractivity contribution in [3.63, 3.8) is 0 Å². The molecule has 106 valence electrons. The lowest BCUT2D eigenvalue weighted by Crippen LogP contribution is -2.33. The van der Waals surface area contributed by atoms with Crippen LogP contribution in [0.2, 0.25) is 0 Å². The van der Waals surface area contributed by atoms with Crippen molar-refractivity contribution in [1.82, 2.24) is 4.90 Å².